The van der Waals surface area contributed by atoms with Gasteiger partial charge in [0.1, 0.15) is 6.61 Å². The highest BCUT2D eigenvalue weighted by molar-refractivity contribution is 6.39. The monoisotopic (exact) mass is 499 g/mol. The maximum absolute atomic E-state index is 12.1. The van der Waals surface area contributed by atoms with Crippen LogP contribution in [0.15, 0.2) is 65.8 Å². The predicted molar refractivity (Wildman–Crippen MR) is 134 cm³/mol. The maximum Gasteiger partial charge on any atom is 0.329 e. The average molecular weight is 500 g/mol. The number of hydrogen-bond acceptors (Lipinski definition) is 5. The summed E-state index contributed by atoms with van der Waals surface area (Å²) in [6.07, 6.45) is 2.12. The SMILES string of the molecule is CCc1ccccc1NC(=O)C(=O)N/N=C\c1ccc(OCc2ccc(Cl)cc2Cl)c(OC)c1. The highest BCUT2D eigenvalue weighted by Gasteiger charge is 2.14. The lowest BCUT2D eigenvalue weighted by atomic mass is 10.1. The molecule has 0 atom stereocenters. The van der Waals surface area contributed by atoms with Gasteiger partial charge in [-0.05, 0) is 53.9 Å². The molecule has 0 saturated heterocycles. The summed E-state index contributed by atoms with van der Waals surface area (Å²) in [5, 5.41) is 7.50. The summed E-state index contributed by atoms with van der Waals surface area (Å²) >= 11 is 12.1. The van der Waals surface area contributed by atoms with Gasteiger partial charge in [-0.15, -0.1) is 0 Å². The predicted octanol–water partition coefficient (Wildman–Crippen LogP) is 5.23. The van der Waals surface area contributed by atoms with Gasteiger partial charge in [0, 0.05) is 21.3 Å². The van der Waals surface area contributed by atoms with Crippen molar-refractivity contribution in [3.05, 3.63) is 87.4 Å². The Morgan fingerprint density at radius 2 is 1.76 bits per heavy atom. The molecule has 2 N–H and O–H groups in total. The maximum atomic E-state index is 12.1. The van der Waals surface area contributed by atoms with Crippen LogP contribution >= 0.6 is 23.2 Å². The molecule has 2 amide bonds. The Kier molecular flexibility index (Phi) is 8.90. The van der Waals surface area contributed by atoms with E-state index in [0.717, 1.165) is 17.5 Å². The van der Waals surface area contributed by atoms with Crippen LogP contribution in [0.4, 0.5) is 5.69 Å². The number of halogens is 2. The Bertz CT molecular complexity index is 1210. The van der Waals surface area contributed by atoms with E-state index < -0.39 is 11.8 Å². The molecule has 0 aliphatic heterocycles. The minimum Gasteiger partial charge on any atom is -0.493 e. The van der Waals surface area contributed by atoms with Crippen LogP contribution in [0.2, 0.25) is 10.0 Å². The number of nitrogens with one attached hydrogen (secondary N) is 2. The van der Waals surface area contributed by atoms with Crippen molar-refractivity contribution in [2.45, 2.75) is 20.0 Å². The standard InChI is InChI=1S/C25H23Cl2N3O4/c1-3-17-6-4-5-7-21(17)29-24(31)25(32)30-28-14-16-8-11-22(23(12-16)33-2)34-15-18-9-10-19(26)13-20(18)27/h4-14H,3,15H2,1-2H3,(H,29,31)(H,30,32)/b28-14-. The van der Waals surface area contributed by atoms with E-state index in [2.05, 4.69) is 15.8 Å². The van der Waals surface area contributed by atoms with Crippen LogP contribution in [0.3, 0.4) is 0 Å². The van der Waals surface area contributed by atoms with E-state index >= 15 is 0 Å². The zero-order valence-corrected chi connectivity index (χ0v) is 20.1. The fourth-order valence-electron chi connectivity index (χ4n) is 3.02. The van der Waals surface area contributed by atoms with Crippen LogP contribution in [0.25, 0.3) is 0 Å². The number of hydrazone groups is 1. The van der Waals surface area contributed by atoms with Gasteiger partial charge >= 0.3 is 11.8 Å². The molecule has 0 bridgehead atoms. The summed E-state index contributed by atoms with van der Waals surface area (Å²) in [4.78, 5) is 24.2. The normalized spacial score (nSPS) is 10.7. The van der Waals surface area contributed by atoms with Crippen molar-refractivity contribution in [2.75, 3.05) is 12.4 Å². The molecule has 0 aromatic heterocycles. The van der Waals surface area contributed by atoms with E-state index in [1.54, 1.807) is 48.5 Å². The van der Waals surface area contributed by atoms with Gasteiger partial charge in [-0.25, -0.2) is 5.43 Å². The Morgan fingerprint density at radius 3 is 2.50 bits per heavy atom. The van der Waals surface area contributed by atoms with Gasteiger partial charge in [0.2, 0.25) is 0 Å². The van der Waals surface area contributed by atoms with Crippen molar-refractivity contribution in [2.24, 2.45) is 5.10 Å². The Morgan fingerprint density at radius 1 is 0.971 bits per heavy atom. The molecule has 0 heterocycles. The van der Waals surface area contributed by atoms with Gasteiger partial charge in [0.05, 0.1) is 13.3 Å². The highest BCUT2D eigenvalue weighted by atomic mass is 35.5. The molecule has 3 aromatic carbocycles. The van der Waals surface area contributed by atoms with E-state index in [0.29, 0.717) is 32.8 Å². The van der Waals surface area contributed by atoms with Crippen LogP contribution < -0.4 is 20.2 Å². The van der Waals surface area contributed by atoms with Gasteiger partial charge in [0.15, 0.2) is 11.5 Å². The molecular formula is C25H23Cl2N3O4. The fraction of sp³-hybridized carbons (Fsp3) is 0.160. The van der Waals surface area contributed by atoms with Crippen LogP contribution in [0, 0.1) is 0 Å². The highest BCUT2D eigenvalue weighted by Crippen LogP contribution is 2.29. The number of anilines is 1. The third kappa shape index (κ3) is 6.73. The smallest absolute Gasteiger partial charge is 0.329 e. The van der Waals surface area contributed by atoms with E-state index in [1.165, 1.54) is 13.3 Å². The van der Waals surface area contributed by atoms with Crippen molar-refractivity contribution in [3.63, 3.8) is 0 Å². The van der Waals surface area contributed by atoms with Crippen molar-refractivity contribution < 1.29 is 19.1 Å². The topological polar surface area (TPSA) is 89.0 Å². The Labute approximate surface area is 207 Å². The lowest BCUT2D eigenvalue weighted by Crippen LogP contribution is -2.32. The molecule has 34 heavy (non-hydrogen) atoms. The first-order valence-electron chi connectivity index (χ1n) is 10.4. The van der Waals surface area contributed by atoms with Gasteiger partial charge in [0.25, 0.3) is 0 Å². The van der Waals surface area contributed by atoms with Gasteiger partial charge in [-0.2, -0.15) is 5.10 Å². The number of amides is 2. The first-order chi connectivity index (χ1) is 16.4. The molecular weight excluding hydrogens is 477 g/mol. The number of hydrogen-bond donors (Lipinski definition) is 2. The lowest BCUT2D eigenvalue weighted by Gasteiger charge is -2.12. The number of aryl methyl sites for hydroxylation is 1. The second-order valence-corrected chi connectivity index (χ2v) is 7.94. The average Bonchev–Trinajstić information content (AvgIpc) is 2.84. The Hall–Kier alpha value is -3.55. The molecule has 3 rings (SSSR count). The molecule has 3 aromatic rings. The number of carbonyl (C=O) groups is 2. The molecule has 0 fully saturated rings. The van der Waals surface area contributed by atoms with Crippen molar-refractivity contribution in [1.82, 2.24) is 5.43 Å². The Balaban J connectivity index is 1.59. The summed E-state index contributed by atoms with van der Waals surface area (Å²) < 4.78 is 11.2. The number of rotatable bonds is 8. The van der Waals surface area contributed by atoms with Crippen molar-refractivity contribution in [3.8, 4) is 11.5 Å². The molecule has 0 aliphatic carbocycles. The van der Waals surface area contributed by atoms with Crippen molar-refractivity contribution >= 4 is 46.9 Å². The number of nitrogens with zero attached hydrogens (tertiary/aromatic N) is 1. The first-order valence-corrected chi connectivity index (χ1v) is 11.1. The molecule has 0 aliphatic rings. The number of ether oxygens (including phenoxy) is 2. The van der Waals surface area contributed by atoms with Crippen LogP contribution in [0.5, 0.6) is 11.5 Å². The molecule has 0 radical (unpaired) electrons. The molecule has 0 unspecified atom stereocenters. The molecule has 9 heteroatoms. The fourth-order valence-corrected chi connectivity index (χ4v) is 3.49. The summed E-state index contributed by atoms with van der Waals surface area (Å²) in [7, 11) is 1.51. The van der Waals surface area contributed by atoms with E-state index in [9.17, 15) is 9.59 Å². The second kappa shape index (κ2) is 12.1. The van der Waals surface area contributed by atoms with Crippen LogP contribution in [-0.2, 0) is 22.6 Å². The minimum atomic E-state index is -0.881. The van der Waals surface area contributed by atoms with Crippen LogP contribution in [-0.4, -0.2) is 25.1 Å². The van der Waals surface area contributed by atoms with Gasteiger partial charge in [-0.3, -0.25) is 9.59 Å². The van der Waals surface area contributed by atoms with Crippen molar-refractivity contribution in [1.29, 1.82) is 0 Å². The summed E-state index contributed by atoms with van der Waals surface area (Å²) in [5.74, 6) is -0.716. The molecule has 176 valence electrons. The van der Waals surface area contributed by atoms with E-state index in [1.807, 2.05) is 19.1 Å². The zero-order valence-electron chi connectivity index (χ0n) is 18.6. The minimum absolute atomic E-state index is 0.228. The molecule has 0 saturated carbocycles. The number of carbonyl (C=O) groups excluding carboxylic acids is 2. The molecule has 7 nitrogen and oxygen atoms in total. The summed E-state index contributed by atoms with van der Waals surface area (Å²) in [6, 6.07) is 17.6. The van der Waals surface area contributed by atoms with E-state index in [-0.39, 0.29) is 6.61 Å². The number of methoxy groups -OCH3 is 1. The zero-order chi connectivity index (χ0) is 24.5. The summed E-state index contributed by atoms with van der Waals surface area (Å²) in [6.45, 7) is 2.19. The summed E-state index contributed by atoms with van der Waals surface area (Å²) in [5.41, 5.74) is 5.15. The van der Waals surface area contributed by atoms with Gasteiger partial charge in [-0.1, -0.05) is 54.4 Å². The molecule has 0 spiro atoms. The van der Waals surface area contributed by atoms with Crippen LogP contribution in [0.1, 0.15) is 23.6 Å². The van der Waals surface area contributed by atoms with E-state index in [4.69, 9.17) is 32.7 Å². The number of para-hydroxylation sites is 1. The number of benzene rings is 3. The lowest BCUT2D eigenvalue weighted by molar-refractivity contribution is -0.136. The first kappa shape index (κ1) is 25.1. The second-order valence-electron chi connectivity index (χ2n) is 7.10. The third-order valence-electron chi connectivity index (χ3n) is 4.82. The third-order valence-corrected chi connectivity index (χ3v) is 5.41. The largest absolute Gasteiger partial charge is 0.493 e. The van der Waals surface area contributed by atoms with Gasteiger partial charge < -0.3 is 14.8 Å². The quantitative estimate of drug-likeness (QED) is 0.252.